The first kappa shape index (κ1) is 17.5. The molecule has 0 bridgehead atoms. The van der Waals surface area contributed by atoms with Crippen molar-refractivity contribution in [3.05, 3.63) is 48.0 Å². The van der Waals surface area contributed by atoms with Crippen LogP contribution in [0, 0.1) is 0 Å². The van der Waals surface area contributed by atoms with E-state index in [0.717, 1.165) is 11.4 Å². The van der Waals surface area contributed by atoms with E-state index in [4.69, 9.17) is 15.2 Å². The molecule has 2 aromatic carbocycles. The van der Waals surface area contributed by atoms with Crippen LogP contribution >= 0.6 is 0 Å². The molecule has 4 N–H and O–H groups in total. The first-order valence-electron chi connectivity index (χ1n) is 7.68. The standard InChI is InChI=1S/C18H23N3O3/c1-12(2)24-15-9-7-14(8-10-15)21-18(19)20-11-13-5-4-6-16(23-3)17(13)22/h4-10,12,22H,11H2,1-3H3,(H3,19,20,21). The Bertz CT molecular complexity index is 697. The molecule has 2 rings (SSSR count). The van der Waals surface area contributed by atoms with Crippen LogP contribution in [0.25, 0.3) is 0 Å². The van der Waals surface area contributed by atoms with Gasteiger partial charge in [-0.3, -0.25) is 0 Å². The summed E-state index contributed by atoms with van der Waals surface area (Å²) in [7, 11) is 1.50. The van der Waals surface area contributed by atoms with Gasteiger partial charge in [-0.25, -0.2) is 4.99 Å². The minimum absolute atomic E-state index is 0.0757. The number of nitrogens with one attached hydrogen (secondary N) is 1. The summed E-state index contributed by atoms with van der Waals surface area (Å²) >= 11 is 0. The summed E-state index contributed by atoms with van der Waals surface area (Å²) in [5, 5.41) is 13.0. The molecule has 6 heteroatoms. The Labute approximate surface area is 141 Å². The van der Waals surface area contributed by atoms with Crippen LogP contribution in [0.5, 0.6) is 17.2 Å². The first-order valence-corrected chi connectivity index (χ1v) is 7.68. The molecule has 0 saturated heterocycles. The summed E-state index contributed by atoms with van der Waals surface area (Å²) in [4.78, 5) is 4.23. The van der Waals surface area contributed by atoms with Crippen LogP contribution in [-0.4, -0.2) is 24.3 Å². The number of nitrogens with zero attached hydrogens (tertiary/aromatic N) is 1. The number of hydrogen-bond acceptors (Lipinski definition) is 4. The van der Waals surface area contributed by atoms with E-state index in [2.05, 4.69) is 10.3 Å². The van der Waals surface area contributed by atoms with Crippen molar-refractivity contribution in [3.63, 3.8) is 0 Å². The molecule has 0 amide bonds. The summed E-state index contributed by atoms with van der Waals surface area (Å²) < 4.78 is 10.7. The Morgan fingerprint density at radius 3 is 2.54 bits per heavy atom. The molecule has 0 saturated carbocycles. The van der Waals surface area contributed by atoms with E-state index in [1.807, 2.05) is 38.1 Å². The summed E-state index contributed by atoms with van der Waals surface area (Å²) in [6.07, 6.45) is 0.131. The lowest BCUT2D eigenvalue weighted by Gasteiger charge is -2.11. The van der Waals surface area contributed by atoms with Crippen molar-refractivity contribution >= 4 is 11.6 Å². The summed E-state index contributed by atoms with van der Waals surface area (Å²) in [5.41, 5.74) is 7.33. The maximum atomic E-state index is 10.0. The van der Waals surface area contributed by atoms with Crippen LogP contribution in [-0.2, 0) is 6.54 Å². The number of anilines is 1. The SMILES string of the molecule is COc1cccc(CN=C(N)Nc2ccc(OC(C)C)cc2)c1O. The van der Waals surface area contributed by atoms with Gasteiger partial charge in [-0.05, 0) is 44.2 Å². The predicted molar refractivity (Wildman–Crippen MR) is 95.8 cm³/mol. The van der Waals surface area contributed by atoms with E-state index in [1.165, 1.54) is 7.11 Å². The molecule has 128 valence electrons. The lowest BCUT2D eigenvalue weighted by molar-refractivity contribution is 0.242. The molecule has 0 aromatic heterocycles. The number of para-hydroxylation sites is 1. The third kappa shape index (κ3) is 4.81. The molecule has 0 aliphatic rings. The third-order valence-electron chi connectivity index (χ3n) is 3.22. The minimum Gasteiger partial charge on any atom is -0.504 e. The van der Waals surface area contributed by atoms with Gasteiger partial charge in [0, 0.05) is 11.3 Å². The van der Waals surface area contributed by atoms with Gasteiger partial charge in [0.15, 0.2) is 17.5 Å². The third-order valence-corrected chi connectivity index (χ3v) is 3.22. The Balaban J connectivity index is 1.99. The number of guanidine groups is 1. The number of benzene rings is 2. The normalized spacial score (nSPS) is 11.4. The molecule has 0 fully saturated rings. The highest BCUT2D eigenvalue weighted by molar-refractivity contribution is 5.92. The van der Waals surface area contributed by atoms with E-state index < -0.39 is 0 Å². The van der Waals surface area contributed by atoms with Crippen molar-refractivity contribution in [2.45, 2.75) is 26.5 Å². The molecule has 0 spiro atoms. The quantitative estimate of drug-likeness (QED) is 0.560. The lowest BCUT2D eigenvalue weighted by atomic mass is 10.2. The molecule has 2 aromatic rings. The number of phenols is 1. The van der Waals surface area contributed by atoms with Gasteiger partial charge in [0.2, 0.25) is 0 Å². The molecule has 0 aliphatic carbocycles. The number of methoxy groups -OCH3 is 1. The van der Waals surface area contributed by atoms with Crippen LogP contribution in [0.3, 0.4) is 0 Å². The van der Waals surface area contributed by atoms with Crippen molar-refractivity contribution in [1.29, 1.82) is 0 Å². The van der Waals surface area contributed by atoms with Crippen molar-refractivity contribution in [2.24, 2.45) is 10.7 Å². The van der Waals surface area contributed by atoms with E-state index in [-0.39, 0.29) is 24.4 Å². The van der Waals surface area contributed by atoms with E-state index in [9.17, 15) is 5.11 Å². The number of phenolic OH excluding ortho intramolecular Hbond substituents is 1. The van der Waals surface area contributed by atoms with Crippen LogP contribution in [0.1, 0.15) is 19.4 Å². The first-order chi connectivity index (χ1) is 11.5. The largest absolute Gasteiger partial charge is 0.504 e. The van der Waals surface area contributed by atoms with Gasteiger partial charge in [-0.1, -0.05) is 12.1 Å². The molecular weight excluding hydrogens is 306 g/mol. The smallest absolute Gasteiger partial charge is 0.193 e. The van der Waals surface area contributed by atoms with E-state index in [0.29, 0.717) is 11.3 Å². The molecule has 0 radical (unpaired) electrons. The number of nitrogens with two attached hydrogens (primary N) is 1. The van der Waals surface area contributed by atoms with Crippen molar-refractivity contribution in [3.8, 4) is 17.2 Å². The second-order valence-electron chi connectivity index (χ2n) is 5.49. The van der Waals surface area contributed by atoms with Crippen molar-refractivity contribution in [1.82, 2.24) is 0 Å². The van der Waals surface area contributed by atoms with Crippen LogP contribution < -0.4 is 20.5 Å². The van der Waals surface area contributed by atoms with E-state index >= 15 is 0 Å². The highest BCUT2D eigenvalue weighted by atomic mass is 16.5. The fourth-order valence-electron chi connectivity index (χ4n) is 2.11. The zero-order valence-corrected chi connectivity index (χ0v) is 14.1. The second kappa shape index (κ2) is 8.10. The van der Waals surface area contributed by atoms with Gasteiger partial charge in [0.25, 0.3) is 0 Å². The highest BCUT2D eigenvalue weighted by Gasteiger charge is 2.06. The second-order valence-corrected chi connectivity index (χ2v) is 5.49. The summed E-state index contributed by atoms with van der Waals surface area (Å²) in [5.74, 6) is 1.55. The number of aliphatic imine (C=N–C) groups is 1. The zero-order valence-electron chi connectivity index (χ0n) is 14.1. The minimum atomic E-state index is 0.0757. The Morgan fingerprint density at radius 1 is 1.21 bits per heavy atom. The van der Waals surface area contributed by atoms with Gasteiger partial charge in [-0.15, -0.1) is 0 Å². The van der Waals surface area contributed by atoms with Crippen molar-refractivity contribution in [2.75, 3.05) is 12.4 Å². The average Bonchev–Trinajstić information content (AvgIpc) is 2.55. The lowest BCUT2D eigenvalue weighted by Crippen LogP contribution is -2.22. The van der Waals surface area contributed by atoms with Gasteiger partial charge in [0.05, 0.1) is 19.8 Å². The average molecular weight is 329 g/mol. The number of aromatic hydroxyl groups is 1. The van der Waals surface area contributed by atoms with Crippen LogP contribution in [0.2, 0.25) is 0 Å². The maximum absolute atomic E-state index is 10.0. The summed E-state index contributed by atoms with van der Waals surface area (Å²) in [6.45, 7) is 4.20. The zero-order chi connectivity index (χ0) is 17.5. The number of ether oxygens (including phenoxy) is 2. The number of rotatable bonds is 6. The maximum Gasteiger partial charge on any atom is 0.193 e. The predicted octanol–water partition coefficient (Wildman–Crippen LogP) is 3.11. The van der Waals surface area contributed by atoms with Gasteiger partial charge >= 0.3 is 0 Å². The van der Waals surface area contributed by atoms with Crippen molar-refractivity contribution < 1.29 is 14.6 Å². The Hall–Kier alpha value is -2.89. The molecule has 24 heavy (non-hydrogen) atoms. The molecule has 0 heterocycles. The summed E-state index contributed by atoms with van der Waals surface area (Å²) in [6, 6.07) is 12.7. The molecular formula is C18H23N3O3. The Morgan fingerprint density at radius 2 is 1.92 bits per heavy atom. The topological polar surface area (TPSA) is 89.1 Å². The van der Waals surface area contributed by atoms with Gasteiger partial charge < -0.3 is 25.6 Å². The van der Waals surface area contributed by atoms with Crippen LogP contribution in [0.4, 0.5) is 5.69 Å². The fraction of sp³-hybridized carbons (Fsp3) is 0.278. The number of hydrogen-bond donors (Lipinski definition) is 3. The fourth-order valence-corrected chi connectivity index (χ4v) is 2.11. The van der Waals surface area contributed by atoms with Gasteiger partial charge in [0.1, 0.15) is 5.75 Å². The van der Waals surface area contributed by atoms with E-state index in [1.54, 1.807) is 18.2 Å². The Kier molecular flexibility index (Phi) is 5.89. The monoisotopic (exact) mass is 329 g/mol. The molecule has 0 atom stereocenters. The van der Waals surface area contributed by atoms with Crippen LogP contribution in [0.15, 0.2) is 47.5 Å². The molecule has 0 aliphatic heterocycles. The highest BCUT2D eigenvalue weighted by Crippen LogP contribution is 2.29. The molecule has 6 nitrogen and oxygen atoms in total. The molecule has 0 unspecified atom stereocenters. The van der Waals surface area contributed by atoms with Gasteiger partial charge in [-0.2, -0.15) is 0 Å².